The van der Waals surface area contributed by atoms with E-state index in [0.717, 1.165) is 5.56 Å². The molecule has 0 aliphatic rings. The second-order valence-corrected chi connectivity index (χ2v) is 4.48. The Hall–Kier alpha value is -1.18. The van der Waals surface area contributed by atoms with Crippen molar-refractivity contribution in [3.63, 3.8) is 0 Å². The highest BCUT2D eigenvalue weighted by molar-refractivity contribution is 5.85. The van der Waals surface area contributed by atoms with E-state index in [-0.39, 0.29) is 17.0 Å². The van der Waals surface area contributed by atoms with Crippen molar-refractivity contribution >= 4 is 5.78 Å². The molecule has 0 bridgehead atoms. The zero-order valence-corrected chi connectivity index (χ0v) is 8.80. The molecule has 0 aliphatic carbocycles. The van der Waals surface area contributed by atoms with E-state index in [4.69, 9.17) is 0 Å². The van der Waals surface area contributed by atoms with Gasteiger partial charge in [0.15, 0.2) is 0 Å². The van der Waals surface area contributed by atoms with Gasteiger partial charge in [0.05, 0.1) is 0 Å². The molecule has 1 aromatic rings. The molecule has 0 saturated heterocycles. The number of hydrogen-bond acceptors (Lipinski definition) is 1. The number of ketones is 1. The number of Topliss-reactive ketones (excluding diaryl/α,β-unsaturated/α-hetero) is 1. The number of hydrogen-bond donors (Lipinski definition) is 0. The van der Waals surface area contributed by atoms with E-state index in [1.165, 1.54) is 12.1 Å². The highest BCUT2D eigenvalue weighted by Crippen LogP contribution is 2.17. The van der Waals surface area contributed by atoms with Crippen molar-refractivity contribution in [1.82, 2.24) is 0 Å². The third-order valence-corrected chi connectivity index (χ3v) is 2.11. The number of rotatable bonds is 2. The van der Waals surface area contributed by atoms with Crippen LogP contribution in [0.4, 0.5) is 4.39 Å². The molecule has 0 fully saturated rings. The van der Waals surface area contributed by atoms with E-state index < -0.39 is 0 Å². The van der Waals surface area contributed by atoms with E-state index in [2.05, 4.69) is 0 Å². The first-order valence-corrected chi connectivity index (χ1v) is 4.67. The molecule has 76 valence electrons. The fourth-order valence-electron chi connectivity index (χ4n) is 1.05. The van der Waals surface area contributed by atoms with Gasteiger partial charge in [-0.15, -0.1) is 0 Å². The van der Waals surface area contributed by atoms with Crippen LogP contribution in [0.15, 0.2) is 24.3 Å². The first-order chi connectivity index (χ1) is 6.39. The predicted octanol–water partition coefficient (Wildman–Crippen LogP) is 2.98. The maximum Gasteiger partial charge on any atom is 0.142 e. The summed E-state index contributed by atoms with van der Waals surface area (Å²) in [5, 5.41) is 0. The van der Waals surface area contributed by atoms with Crippen molar-refractivity contribution in [2.75, 3.05) is 0 Å². The molecule has 0 radical (unpaired) electrons. The van der Waals surface area contributed by atoms with Gasteiger partial charge in [0, 0.05) is 11.8 Å². The average Bonchev–Trinajstić information content (AvgIpc) is 2.07. The van der Waals surface area contributed by atoms with Gasteiger partial charge < -0.3 is 0 Å². The van der Waals surface area contributed by atoms with Gasteiger partial charge in [-0.05, 0) is 17.7 Å². The van der Waals surface area contributed by atoms with Crippen LogP contribution in [0.25, 0.3) is 0 Å². The average molecular weight is 194 g/mol. The lowest BCUT2D eigenvalue weighted by molar-refractivity contribution is -0.125. The fourth-order valence-corrected chi connectivity index (χ4v) is 1.05. The number of carbonyl (C=O) groups excluding carboxylic acids is 1. The molecule has 0 N–H and O–H groups in total. The van der Waals surface area contributed by atoms with Crippen LogP contribution in [0, 0.1) is 11.2 Å². The Balaban J connectivity index is 2.71. The summed E-state index contributed by atoms with van der Waals surface area (Å²) in [4.78, 5) is 11.6. The van der Waals surface area contributed by atoms with Crippen LogP contribution in [-0.2, 0) is 11.2 Å². The Labute approximate surface area is 83.9 Å². The smallest absolute Gasteiger partial charge is 0.142 e. The lowest BCUT2D eigenvalue weighted by Crippen LogP contribution is -2.21. The van der Waals surface area contributed by atoms with Crippen LogP contribution in [0.5, 0.6) is 0 Å². The summed E-state index contributed by atoms with van der Waals surface area (Å²) in [6.07, 6.45) is 0.379. The van der Waals surface area contributed by atoms with Crippen molar-refractivity contribution in [2.24, 2.45) is 5.41 Å². The third kappa shape index (κ3) is 2.95. The molecule has 0 aromatic heterocycles. The maximum atomic E-state index is 12.6. The standard InChI is InChI=1S/C12H15FO/c1-12(2,3)11(14)8-9-4-6-10(13)7-5-9/h4-7H,8H2,1-3H3. The Bertz CT molecular complexity index is 319. The van der Waals surface area contributed by atoms with Crippen LogP contribution in [0.3, 0.4) is 0 Å². The molecule has 0 amide bonds. The number of benzene rings is 1. The molecule has 0 atom stereocenters. The monoisotopic (exact) mass is 194 g/mol. The van der Waals surface area contributed by atoms with Gasteiger partial charge in [-0.1, -0.05) is 32.9 Å². The maximum absolute atomic E-state index is 12.6. The van der Waals surface area contributed by atoms with Crippen LogP contribution in [0.1, 0.15) is 26.3 Å². The lowest BCUT2D eigenvalue weighted by atomic mass is 9.87. The summed E-state index contributed by atoms with van der Waals surface area (Å²) in [7, 11) is 0. The Morgan fingerprint density at radius 1 is 1.21 bits per heavy atom. The van der Waals surface area contributed by atoms with E-state index in [1.807, 2.05) is 20.8 Å². The van der Waals surface area contributed by atoms with Crippen molar-refractivity contribution < 1.29 is 9.18 Å². The van der Waals surface area contributed by atoms with Crippen molar-refractivity contribution in [3.8, 4) is 0 Å². The Morgan fingerprint density at radius 3 is 2.14 bits per heavy atom. The summed E-state index contributed by atoms with van der Waals surface area (Å²) in [5.41, 5.74) is 0.542. The molecule has 0 heterocycles. The van der Waals surface area contributed by atoms with E-state index in [1.54, 1.807) is 12.1 Å². The molecule has 0 spiro atoms. The second kappa shape index (κ2) is 3.91. The largest absolute Gasteiger partial charge is 0.299 e. The zero-order chi connectivity index (χ0) is 10.8. The molecule has 2 heteroatoms. The SMILES string of the molecule is CC(C)(C)C(=O)Cc1ccc(F)cc1. The Morgan fingerprint density at radius 2 is 1.71 bits per heavy atom. The predicted molar refractivity (Wildman–Crippen MR) is 54.6 cm³/mol. The molecule has 0 unspecified atom stereocenters. The summed E-state index contributed by atoms with van der Waals surface area (Å²) in [6, 6.07) is 6.06. The van der Waals surface area contributed by atoms with Crippen LogP contribution >= 0.6 is 0 Å². The van der Waals surface area contributed by atoms with Crippen LogP contribution in [-0.4, -0.2) is 5.78 Å². The third-order valence-electron chi connectivity index (χ3n) is 2.11. The molecule has 0 saturated carbocycles. The van der Waals surface area contributed by atoms with E-state index >= 15 is 0 Å². The molecule has 1 nitrogen and oxygen atoms in total. The van der Waals surface area contributed by atoms with Gasteiger partial charge in [-0.3, -0.25) is 4.79 Å². The lowest BCUT2D eigenvalue weighted by Gasteiger charge is -2.16. The van der Waals surface area contributed by atoms with E-state index in [9.17, 15) is 9.18 Å². The number of carbonyl (C=O) groups is 1. The minimum absolute atomic E-state index is 0.170. The van der Waals surface area contributed by atoms with Crippen molar-refractivity contribution in [3.05, 3.63) is 35.6 Å². The zero-order valence-electron chi connectivity index (χ0n) is 8.80. The highest BCUT2D eigenvalue weighted by Gasteiger charge is 2.20. The van der Waals surface area contributed by atoms with E-state index in [0.29, 0.717) is 6.42 Å². The molecular formula is C12H15FO. The van der Waals surface area contributed by atoms with Crippen molar-refractivity contribution in [2.45, 2.75) is 27.2 Å². The first-order valence-electron chi connectivity index (χ1n) is 4.67. The summed E-state index contributed by atoms with van der Waals surface area (Å²) in [5.74, 6) is -0.0962. The topological polar surface area (TPSA) is 17.1 Å². The summed E-state index contributed by atoms with van der Waals surface area (Å²) < 4.78 is 12.6. The molecule has 1 rings (SSSR count). The van der Waals surface area contributed by atoms with Crippen molar-refractivity contribution in [1.29, 1.82) is 0 Å². The minimum Gasteiger partial charge on any atom is -0.299 e. The van der Waals surface area contributed by atoms with Gasteiger partial charge in [-0.25, -0.2) is 4.39 Å². The highest BCUT2D eigenvalue weighted by atomic mass is 19.1. The molecule has 0 aliphatic heterocycles. The van der Waals surface area contributed by atoms with Gasteiger partial charge in [-0.2, -0.15) is 0 Å². The molecule has 14 heavy (non-hydrogen) atoms. The van der Waals surface area contributed by atoms with Gasteiger partial charge in [0.1, 0.15) is 11.6 Å². The summed E-state index contributed by atoms with van der Waals surface area (Å²) >= 11 is 0. The van der Waals surface area contributed by atoms with Crippen LogP contribution < -0.4 is 0 Å². The molecule has 1 aromatic carbocycles. The Kier molecular flexibility index (Phi) is 3.04. The normalized spacial score (nSPS) is 11.4. The van der Waals surface area contributed by atoms with Gasteiger partial charge >= 0.3 is 0 Å². The minimum atomic E-state index is -0.325. The second-order valence-electron chi connectivity index (χ2n) is 4.48. The van der Waals surface area contributed by atoms with Gasteiger partial charge in [0.2, 0.25) is 0 Å². The summed E-state index contributed by atoms with van der Waals surface area (Å²) in [6.45, 7) is 5.66. The van der Waals surface area contributed by atoms with Crippen LogP contribution in [0.2, 0.25) is 0 Å². The fraction of sp³-hybridized carbons (Fsp3) is 0.417. The number of halogens is 1. The van der Waals surface area contributed by atoms with Gasteiger partial charge in [0.25, 0.3) is 0 Å². The molecular weight excluding hydrogens is 179 g/mol. The quantitative estimate of drug-likeness (QED) is 0.707. The first kappa shape index (κ1) is 10.9.